The van der Waals surface area contributed by atoms with E-state index < -0.39 is 0 Å². The Morgan fingerprint density at radius 3 is 2.63 bits per heavy atom. The predicted octanol–water partition coefficient (Wildman–Crippen LogP) is 3.60. The number of halogens is 1. The molecule has 1 fully saturated rings. The van der Waals surface area contributed by atoms with Crippen LogP contribution in [-0.4, -0.2) is 36.0 Å². The summed E-state index contributed by atoms with van der Waals surface area (Å²) in [5.74, 6) is 1.08. The molecule has 0 unspecified atom stereocenters. The Bertz CT molecular complexity index is 803. The van der Waals surface area contributed by atoms with Crippen molar-refractivity contribution >= 4 is 23.4 Å². The minimum Gasteiger partial charge on any atom is -0.362 e. The summed E-state index contributed by atoms with van der Waals surface area (Å²) < 4.78 is 13.2. The number of anilines is 3. The van der Waals surface area contributed by atoms with E-state index in [9.17, 15) is 9.18 Å². The van der Waals surface area contributed by atoms with Gasteiger partial charge in [0.1, 0.15) is 11.6 Å². The number of nitrogens with zero attached hydrogens (tertiary/aromatic N) is 3. The molecule has 0 saturated heterocycles. The van der Waals surface area contributed by atoms with Gasteiger partial charge in [-0.05, 0) is 50.8 Å². The molecule has 1 saturated carbocycles. The molecule has 0 spiro atoms. The number of hydrogen-bond acceptors (Lipinski definition) is 5. The Morgan fingerprint density at radius 2 is 1.96 bits per heavy atom. The lowest BCUT2D eigenvalue weighted by atomic mass is 9.85. The van der Waals surface area contributed by atoms with Gasteiger partial charge in [0.25, 0.3) is 0 Å². The third-order valence-electron chi connectivity index (χ3n) is 4.89. The highest BCUT2D eigenvalue weighted by Crippen LogP contribution is 2.27. The standard InChI is InChI=1S/C20H26FN5O/c1-13-12-22-20(25-18(13)26(2)3)24-16-9-7-14(8-10-16)19(27)23-17-6-4-5-15(21)11-17/h4-6,11-12,14,16H,7-10H2,1-3H3,(H,23,27)(H,22,24,25). The smallest absolute Gasteiger partial charge is 0.227 e. The van der Waals surface area contributed by atoms with Gasteiger partial charge in [0.05, 0.1) is 0 Å². The first kappa shape index (κ1) is 19.1. The largest absolute Gasteiger partial charge is 0.362 e. The maximum absolute atomic E-state index is 13.2. The predicted molar refractivity (Wildman–Crippen MR) is 105 cm³/mol. The van der Waals surface area contributed by atoms with Crippen LogP contribution in [0.5, 0.6) is 0 Å². The number of aryl methyl sites for hydroxylation is 1. The lowest BCUT2D eigenvalue weighted by Crippen LogP contribution is -2.32. The molecule has 0 atom stereocenters. The second kappa shape index (κ2) is 8.33. The van der Waals surface area contributed by atoms with Crippen LogP contribution in [0.2, 0.25) is 0 Å². The van der Waals surface area contributed by atoms with Crippen LogP contribution in [0.1, 0.15) is 31.2 Å². The van der Waals surface area contributed by atoms with Crippen LogP contribution in [0.4, 0.5) is 21.8 Å². The summed E-state index contributed by atoms with van der Waals surface area (Å²) >= 11 is 0. The van der Waals surface area contributed by atoms with Crippen molar-refractivity contribution < 1.29 is 9.18 Å². The summed E-state index contributed by atoms with van der Waals surface area (Å²) in [7, 11) is 3.92. The Morgan fingerprint density at radius 1 is 1.22 bits per heavy atom. The van der Waals surface area contributed by atoms with E-state index in [0.717, 1.165) is 37.1 Å². The second-order valence-corrected chi connectivity index (χ2v) is 7.29. The summed E-state index contributed by atoms with van der Waals surface area (Å²) in [6.07, 6.45) is 5.13. The van der Waals surface area contributed by atoms with Gasteiger partial charge >= 0.3 is 0 Å². The average Bonchev–Trinajstić information content (AvgIpc) is 2.63. The molecule has 1 aliphatic rings. The van der Waals surface area contributed by atoms with Gasteiger partial charge in [-0.15, -0.1) is 0 Å². The Hall–Kier alpha value is -2.70. The van der Waals surface area contributed by atoms with E-state index in [1.807, 2.05) is 32.1 Å². The fraction of sp³-hybridized carbons (Fsp3) is 0.450. The summed E-state index contributed by atoms with van der Waals surface area (Å²) in [5, 5.41) is 6.20. The fourth-order valence-corrected chi connectivity index (χ4v) is 3.45. The normalized spacial score (nSPS) is 19.4. The van der Waals surface area contributed by atoms with Crippen LogP contribution >= 0.6 is 0 Å². The van der Waals surface area contributed by atoms with E-state index in [-0.39, 0.29) is 23.7 Å². The summed E-state index contributed by atoms with van der Waals surface area (Å²) in [6, 6.07) is 6.24. The molecule has 0 radical (unpaired) electrons. The van der Waals surface area contributed by atoms with Crippen LogP contribution in [0, 0.1) is 18.7 Å². The molecule has 1 amide bonds. The van der Waals surface area contributed by atoms with E-state index in [4.69, 9.17) is 0 Å². The van der Waals surface area contributed by atoms with Crippen molar-refractivity contribution in [3.8, 4) is 0 Å². The number of carbonyl (C=O) groups is 1. The first-order valence-electron chi connectivity index (χ1n) is 9.26. The molecule has 1 aliphatic carbocycles. The van der Waals surface area contributed by atoms with E-state index in [1.165, 1.54) is 12.1 Å². The van der Waals surface area contributed by atoms with Crippen LogP contribution in [0.25, 0.3) is 0 Å². The van der Waals surface area contributed by atoms with Crippen LogP contribution in [-0.2, 0) is 4.79 Å². The fourth-order valence-electron chi connectivity index (χ4n) is 3.45. The number of aromatic nitrogens is 2. The molecule has 3 rings (SSSR count). The van der Waals surface area contributed by atoms with Crippen LogP contribution < -0.4 is 15.5 Å². The monoisotopic (exact) mass is 371 g/mol. The van der Waals surface area contributed by atoms with E-state index >= 15 is 0 Å². The van der Waals surface area contributed by atoms with Crippen LogP contribution in [0.3, 0.4) is 0 Å². The molecule has 7 heteroatoms. The zero-order valence-electron chi connectivity index (χ0n) is 16.0. The van der Waals surface area contributed by atoms with Crippen molar-refractivity contribution in [2.75, 3.05) is 29.6 Å². The zero-order chi connectivity index (χ0) is 19.4. The molecule has 1 aromatic heterocycles. The van der Waals surface area contributed by atoms with Crippen molar-refractivity contribution in [1.29, 1.82) is 0 Å². The molecule has 0 aliphatic heterocycles. The maximum atomic E-state index is 13.2. The molecule has 2 aromatic rings. The molecule has 1 aromatic carbocycles. The molecule has 6 nitrogen and oxygen atoms in total. The minimum atomic E-state index is -0.351. The van der Waals surface area contributed by atoms with E-state index in [2.05, 4.69) is 20.6 Å². The number of hydrogen-bond donors (Lipinski definition) is 2. The van der Waals surface area contributed by atoms with Gasteiger partial charge < -0.3 is 15.5 Å². The van der Waals surface area contributed by atoms with Gasteiger partial charge in [0.2, 0.25) is 11.9 Å². The zero-order valence-corrected chi connectivity index (χ0v) is 16.0. The molecular weight excluding hydrogens is 345 g/mol. The van der Waals surface area contributed by atoms with Crippen molar-refractivity contribution in [1.82, 2.24) is 9.97 Å². The van der Waals surface area contributed by atoms with Gasteiger partial charge in [0.15, 0.2) is 0 Å². The van der Waals surface area contributed by atoms with Gasteiger partial charge in [-0.25, -0.2) is 9.37 Å². The third-order valence-corrected chi connectivity index (χ3v) is 4.89. The van der Waals surface area contributed by atoms with Crippen molar-refractivity contribution in [3.05, 3.63) is 41.8 Å². The van der Waals surface area contributed by atoms with Crippen molar-refractivity contribution in [2.45, 2.75) is 38.6 Å². The van der Waals surface area contributed by atoms with Gasteiger partial charge in [-0.3, -0.25) is 4.79 Å². The summed E-state index contributed by atoms with van der Waals surface area (Å²) in [6.45, 7) is 1.99. The van der Waals surface area contributed by atoms with Gasteiger partial charge in [0, 0.05) is 43.5 Å². The van der Waals surface area contributed by atoms with Gasteiger partial charge in [-0.2, -0.15) is 4.98 Å². The highest BCUT2D eigenvalue weighted by atomic mass is 19.1. The number of rotatable bonds is 5. The average molecular weight is 371 g/mol. The Kier molecular flexibility index (Phi) is 5.88. The molecular formula is C20H26FN5O. The molecule has 0 bridgehead atoms. The topological polar surface area (TPSA) is 70.1 Å². The molecule has 144 valence electrons. The number of benzene rings is 1. The van der Waals surface area contributed by atoms with E-state index in [1.54, 1.807) is 12.1 Å². The highest BCUT2D eigenvalue weighted by Gasteiger charge is 2.27. The van der Waals surface area contributed by atoms with Gasteiger partial charge in [-0.1, -0.05) is 6.07 Å². The summed E-state index contributed by atoms with van der Waals surface area (Å²) in [4.78, 5) is 23.3. The van der Waals surface area contributed by atoms with Crippen LogP contribution in [0.15, 0.2) is 30.5 Å². The number of amides is 1. The summed E-state index contributed by atoms with van der Waals surface area (Å²) in [5.41, 5.74) is 1.53. The Balaban J connectivity index is 1.53. The first-order valence-corrected chi connectivity index (χ1v) is 9.26. The SMILES string of the molecule is Cc1cnc(NC2CCC(C(=O)Nc3cccc(F)c3)CC2)nc1N(C)C. The number of nitrogens with one attached hydrogen (secondary N) is 2. The lowest BCUT2D eigenvalue weighted by molar-refractivity contribution is -0.120. The Labute approximate surface area is 159 Å². The molecule has 27 heavy (non-hydrogen) atoms. The number of carbonyl (C=O) groups excluding carboxylic acids is 1. The first-order chi connectivity index (χ1) is 12.9. The lowest BCUT2D eigenvalue weighted by Gasteiger charge is -2.28. The maximum Gasteiger partial charge on any atom is 0.227 e. The molecule has 2 N–H and O–H groups in total. The highest BCUT2D eigenvalue weighted by molar-refractivity contribution is 5.92. The van der Waals surface area contributed by atoms with Crippen molar-refractivity contribution in [3.63, 3.8) is 0 Å². The van der Waals surface area contributed by atoms with E-state index in [0.29, 0.717) is 11.6 Å². The quantitative estimate of drug-likeness (QED) is 0.840. The second-order valence-electron chi connectivity index (χ2n) is 7.29. The minimum absolute atomic E-state index is 0.0412. The third kappa shape index (κ3) is 4.93. The molecule has 1 heterocycles. The van der Waals surface area contributed by atoms with Crippen molar-refractivity contribution in [2.24, 2.45) is 5.92 Å².